The minimum atomic E-state index is -0.590. The second-order valence-corrected chi connectivity index (χ2v) is 7.92. The molecule has 5 nitrogen and oxygen atoms in total. The van der Waals surface area contributed by atoms with Crippen molar-refractivity contribution < 1.29 is 19.0 Å². The molecule has 0 aromatic carbocycles. The van der Waals surface area contributed by atoms with Crippen molar-refractivity contribution >= 4 is 23.1 Å². The van der Waals surface area contributed by atoms with Crippen LogP contribution >= 0.6 is 11.8 Å². The fraction of sp³-hybridized carbons (Fsp3) is 0.905. The molecular formula is C21H41NO4S. The Balaban J connectivity index is 3.85. The van der Waals surface area contributed by atoms with Gasteiger partial charge in [0.05, 0.1) is 19.3 Å². The number of nitrogens with zero attached hydrogens (tertiary/aromatic N) is 1. The molecule has 0 aromatic rings. The molecule has 0 saturated carbocycles. The highest BCUT2D eigenvalue weighted by Crippen LogP contribution is 2.14. The summed E-state index contributed by atoms with van der Waals surface area (Å²) in [5, 5.41) is 0.386. The van der Waals surface area contributed by atoms with Crippen molar-refractivity contribution in [2.45, 2.75) is 98.0 Å². The number of carbonyl (C=O) groups excluding carboxylic acids is 1. The summed E-state index contributed by atoms with van der Waals surface area (Å²) in [5.74, 6) is 0.903. The van der Waals surface area contributed by atoms with E-state index in [9.17, 15) is 4.79 Å². The predicted molar refractivity (Wildman–Crippen MR) is 116 cm³/mol. The third-order valence-corrected chi connectivity index (χ3v) is 4.88. The summed E-state index contributed by atoms with van der Waals surface area (Å²) >= 11 is 1.48. The first-order chi connectivity index (χ1) is 13.1. The first-order valence-electron chi connectivity index (χ1n) is 10.7. The molecule has 160 valence electrons. The van der Waals surface area contributed by atoms with Crippen LogP contribution < -0.4 is 0 Å². The van der Waals surface area contributed by atoms with Crippen molar-refractivity contribution in [2.75, 3.05) is 25.6 Å². The molecule has 0 bridgehead atoms. The molecule has 6 heteroatoms. The molecule has 0 saturated heterocycles. The number of hydrogen-bond acceptors (Lipinski definition) is 5. The summed E-state index contributed by atoms with van der Waals surface area (Å²) in [7, 11) is 0. The number of aliphatic imine (C=N–C) groups is 1. The second kappa shape index (κ2) is 20.0. The van der Waals surface area contributed by atoms with Crippen LogP contribution in [0, 0.1) is 0 Å². The van der Waals surface area contributed by atoms with E-state index in [1.54, 1.807) is 6.92 Å². The van der Waals surface area contributed by atoms with E-state index in [4.69, 9.17) is 14.2 Å². The molecule has 0 aromatic heterocycles. The van der Waals surface area contributed by atoms with E-state index in [0.717, 1.165) is 12.2 Å². The van der Waals surface area contributed by atoms with Crippen molar-refractivity contribution in [3.05, 3.63) is 0 Å². The molecule has 0 atom stereocenters. The number of thioether (sulfide) groups is 1. The van der Waals surface area contributed by atoms with E-state index >= 15 is 0 Å². The van der Waals surface area contributed by atoms with E-state index in [0.29, 0.717) is 25.1 Å². The van der Waals surface area contributed by atoms with Gasteiger partial charge in [0.15, 0.2) is 0 Å². The molecule has 0 aliphatic rings. The quantitative estimate of drug-likeness (QED) is 0.165. The molecule has 0 aliphatic heterocycles. The minimum Gasteiger partial charge on any atom is -0.470 e. The van der Waals surface area contributed by atoms with E-state index in [1.807, 2.05) is 13.8 Å². The summed E-state index contributed by atoms with van der Waals surface area (Å²) in [5.41, 5.74) is 0. The Bertz CT molecular complexity index is 375. The summed E-state index contributed by atoms with van der Waals surface area (Å²) < 4.78 is 15.9. The molecule has 0 aliphatic carbocycles. The van der Waals surface area contributed by atoms with Crippen LogP contribution in [0.3, 0.4) is 0 Å². The Hall–Kier alpha value is -0.750. The van der Waals surface area contributed by atoms with Gasteiger partial charge in [-0.05, 0) is 27.2 Å². The Morgan fingerprint density at radius 3 is 2.00 bits per heavy atom. The molecule has 27 heavy (non-hydrogen) atoms. The van der Waals surface area contributed by atoms with Crippen molar-refractivity contribution in [3.8, 4) is 0 Å². The SMILES string of the molecule is CCCCCCCCCCCCS/C(=N\C(=O)OCC)OCCOC(C)C. The van der Waals surface area contributed by atoms with Crippen LogP contribution in [0.1, 0.15) is 91.9 Å². The van der Waals surface area contributed by atoms with Gasteiger partial charge in [-0.3, -0.25) is 0 Å². The zero-order valence-corrected chi connectivity index (χ0v) is 18.8. The molecular weight excluding hydrogens is 362 g/mol. The maximum absolute atomic E-state index is 11.6. The van der Waals surface area contributed by atoms with Gasteiger partial charge in [-0.25, -0.2) is 4.79 Å². The highest BCUT2D eigenvalue weighted by atomic mass is 32.2. The molecule has 0 fully saturated rings. The first-order valence-corrected chi connectivity index (χ1v) is 11.7. The standard InChI is InChI=1S/C21H41NO4S/c1-5-7-8-9-10-11-12-13-14-15-18-27-21(22-20(23)24-6-2)26-17-16-25-19(3)4/h19H,5-18H2,1-4H3/b22-21-. The number of unbranched alkanes of at least 4 members (excludes halogenated alkanes) is 9. The molecule has 0 spiro atoms. The maximum Gasteiger partial charge on any atom is 0.437 e. The van der Waals surface area contributed by atoms with E-state index < -0.39 is 6.09 Å². The zero-order valence-electron chi connectivity index (χ0n) is 18.0. The minimum absolute atomic E-state index is 0.165. The lowest BCUT2D eigenvalue weighted by Gasteiger charge is -2.10. The lowest BCUT2D eigenvalue weighted by atomic mass is 10.1. The lowest BCUT2D eigenvalue weighted by molar-refractivity contribution is 0.0535. The normalized spacial score (nSPS) is 11.8. The molecule has 0 heterocycles. The third-order valence-electron chi connectivity index (χ3n) is 3.93. The monoisotopic (exact) mass is 403 g/mol. The molecule has 0 N–H and O–H groups in total. The summed E-state index contributed by atoms with van der Waals surface area (Å²) in [4.78, 5) is 15.5. The van der Waals surface area contributed by atoms with Gasteiger partial charge in [0.2, 0.25) is 0 Å². The van der Waals surface area contributed by atoms with Gasteiger partial charge < -0.3 is 14.2 Å². The Labute approximate surface area is 171 Å². The average Bonchev–Trinajstić information content (AvgIpc) is 2.63. The fourth-order valence-electron chi connectivity index (χ4n) is 2.50. The highest BCUT2D eigenvalue weighted by molar-refractivity contribution is 8.13. The van der Waals surface area contributed by atoms with Gasteiger partial charge in [0, 0.05) is 5.75 Å². The Morgan fingerprint density at radius 1 is 0.852 bits per heavy atom. The first kappa shape index (κ1) is 26.2. The van der Waals surface area contributed by atoms with Gasteiger partial charge in [-0.2, -0.15) is 0 Å². The molecule has 0 unspecified atom stereocenters. The Kier molecular flexibility index (Phi) is 19.4. The zero-order chi connectivity index (χ0) is 20.2. The van der Waals surface area contributed by atoms with Gasteiger partial charge in [0.1, 0.15) is 6.61 Å². The van der Waals surface area contributed by atoms with Crippen LogP contribution in [0.2, 0.25) is 0 Å². The topological polar surface area (TPSA) is 57.1 Å². The summed E-state index contributed by atoms with van der Waals surface area (Å²) in [6, 6.07) is 0. The predicted octanol–water partition coefficient (Wildman–Crippen LogP) is 6.59. The lowest BCUT2D eigenvalue weighted by Crippen LogP contribution is -2.13. The molecule has 1 amide bonds. The van der Waals surface area contributed by atoms with E-state index in [-0.39, 0.29) is 6.10 Å². The van der Waals surface area contributed by atoms with Crippen molar-refractivity contribution in [3.63, 3.8) is 0 Å². The largest absolute Gasteiger partial charge is 0.470 e. The van der Waals surface area contributed by atoms with Gasteiger partial charge >= 0.3 is 6.09 Å². The maximum atomic E-state index is 11.6. The average molecular weight is 404 g/mol. The van der Waals surface area contributed by atoms with E-state index in [1.165, 1.54) is 69.5 Å². The van der Waals surface area contributed by atoms with Crippen molar-refractivity contribution in [1.29, 1.82) is 0 Å². The fourth-order valence-corrected chi connectivity index (χ4v) is 3.33. The van der Waals surface area contributed by atoms with Crippen LogP contribution in [-0.4, -0.2) is 43.0 Å². The van der Waals surface area contributed by atoms with Crippen molar-refractivity contribution in [1.82, 2.24) is 0 Å². The smallest absolute Gasteiger partial charge is 0.437 e. The van der Waals surface area contributed by atoms with Crippen LogP contribution in [0.5, 0.6) is 0 Å². The number of ether oxygens (including phenoxy) is 3. The van der Waals surface area contributed by atoms with Gasteiger partial charge in [0.25, 0.3) is 5.23 Å². The van der Waals surface area contributed by atoms with Crippen LogP contribution in [0.15, 0.2) is 4.99 Å². The van der Waals surface area contributed by atoms with Crippen LogP contribution in [0.25, 0.3) is 0 Å². The second-order valence-electron chi connectivity index (χ2n) is 6.88. The van der Waals surface area contributed by atoms with Gasteiger partial charge in [-0.15, -0.1) is 4.99 Å². The summed E-state index contributed by atoms with van der Waals surface area (Å²) in [6.45, 7) is 9.17. The highest BCUT2D eigenvalue weighted by Gasteiger charge is 2.07. The molecule has 0 radical (unpaired) electrons. The number of rotatable bonds is 16. The van der Waals surface area contributed by atoms with Crippen LogP contribution in [0.4, 0.5) is 4.79 Å². The number of hydrogen-bond donors (Lipinski definition) is 0. The van der Waals surface area contributed by atoms with Gasteiger partial charge in [-0.1, -0.05) is 76.5 Å². The van der Waals surface area contributed by atoms with Crippen LogP contribution in [-0.2, 0) is 14.2 Å². The van der Waals surface area contributed by atoms with E-state index in [2.05, 4.69) is 11.9 Å². The third kappa shape index (κ3) is 19.8. The van der Waals surface area contributed by atoms with Crippen molar-refractivity contribution in [2.24, 2.45) is 4.99 Å². The number of amides is 1. The number of carbonyl (C=O) groups is 1. The summed E-state index contributed by atoms with van der Waals surface area (Å²) in [6.07, 6.45) is 12.7. The Morgan fingerprint density at radius 2 is 1.44 bits per heavy atom. The molecule has 0 rings (SSSR count).